The van der Waals surface area contributed by atoms with Gasteiger partial charge in [0.05, 0.1) is 30.4 Å². The first-order chi connectivity index (χ1) is 22.4. The topological polar surface area (TPSA) is 120 Å². The molecule has 2 aliphatic carbocycles. The molecular formula is C36H37N7O3. The average molecular weight is 616 g/mol. The Bertz CT molecular complexity index is 2090. The smallest absolute Gasteiger partial charge is 0.254 e. The Morgan fingerprint density at radius 3 is 2.67 bits per heavy atom. The van der Waals surface area contributed by atoms with Crippen LogP contribution in [0.4, 0.5) is 0 Å². The summed E-state index contributed by atoms with van der Waals surface area (Å²) in [5.74, 6) is 2.51. The minimum atomic E-state index is -0.000752. The molecule has 5 aromatic rings. The second-order valence-corrected chi connectivity index (χ2v) is 13.6. The SMILES string of the molecule is COc1cc(C(=O)N2CC3CCC2[C@@H]3N)cc2nc(-c3cc4ccc(-c5ccc6c(c5)CNC(=O)C6)nc4n3CC3CC3)n(C)c12. The van der Waals surface area contributed by atoms with Crippen molar-refractivity contribution in [1.82, 2.24) is 29.3 Å². The molecule has 4 aliphatic rings. The van der Waals surface area contributed by atoms with Gasteiger partial charge in [-0.25, -0.2) is 9.97 Å². The fourth-order valence-electron chi connectivity index (χ4n) is 8.03. The summed E-state index contributed by atoms with van der Waals surface area (Å²) in [6, 6.07) is 16.6. The number of hydrogen-bond acceptors (Lipinski definition) is 6. The summed E-state index contributed by atoms with van der Waals surface area (Å²) in [5.41, 5.74) is 14.7. The number of carbonyl (C=O) groups excluding carboxylic acids is 2. The number of likely N-dealkylation sites (tertiary alicyclic amines) is 1. The van der Waals surface area contributed by atoms with Crippen LogP contribution in [-0.2, 0) is 31.4 Å². The zero-order chi connectivity index (χ0) is 31.3. The number of ether oxygens (including phenoxy) is 1. The first-order valence-electron chi connectivity index (χ1n) is 16.4. The van der Waals surface area contributed by atoms with Crippen LogP contribution in [0.25, 0.3) is 44.8 Å². The van der Waals surface area contributed by atoms with Crippen molar-refractivity contribution < 1.29 is 14.3 Å². The van der Waals surface area contributed by atoms with Gasteiger partial charge in [-0.1, -0.05) is 12.1 Å². The summed E-state index contributed by atoms with van der Waals surface area (Å²) in [6.45, 7) is 2.13. The number of nitrogens with zero attached hydrogens (tertiary/aromatic N) is 5. The second-order valence-electron chi connectivity index (χ2n) is 13.6. The molecule has 3 aromatic heterocycles. The molecule has 10 heteroatoms. The van der Waals surface area contributed by atoms with Gasteiger partial charge in [-0.2, -0.15) is 0 Å². The summed E-state index contributed by atoms with van der Waals surface area (Å²) in [7, 11) is 3.66. The van der Waals surface area contributed by atoms with E-state index in [9.17, 15) is 9.59 Å². The van der Waals surface area contributed by atoms with E-state index in [4.69, 9.17) is 20.4 Å². The van der Waals surface area contributed by atoms with E-state index in [2.05, 4.69) is 50.8 Å². The largest absolute Gasteiger partial charge is 0.494 e. The molecule has 3 N–H and O–H groups in total. The number of imidazole rings is 1. The second kappa shape index (κ2) is 10.2. The van der Waals surface area contributed by atoms with Crippen molar-refractivity contribution in [2.24, 2.45) is 24.6 Å². The van der Waals surface area contributed by atoms with E-state index >= 15 is 0 Å². The van der Waals surface area contributed by atoms with Crippen LogP contribution in [0.1, 0.15) is 47.2 Å². The molecule has 3 fully saturated rings. The van der Waals surface area contributed by atoms with Gasteiger partial charge in [0.1, 0.15) is 16.9 Å². The van der Waals surface area contributed by atoms with Crippen LogP contribution >= 0.6 is 0 Å². The summed E-state index contributed by atoms with van der Waals surface area (Å²) < 4.78 is 10.3. The molecule has 3 atom stereocenters. The molecule has 5 heterocycles. The van der Waals surface area contributed by atoms with Gasteiger partial charge in [-0.05, 0) is 85.0 Å². The molecule has 2 unspecified atom stereocenters. The lowest BCUT2D eigenvalue weighted by molar-refractivity contribution is -0.121. The maximum Gasteiger partial charge on any atom is 0.254 e. The Morgan fingerprint density at radius 2 is 1.91 bits per heavy atom. The van der Waals surface area contributed by atoms with E-state index in [-0.39, 0.29) is 23.9 Å². The van der Waals surface area contributed by atoms with Crippen molar-refractivity contribution in [2.75, 3.05) is 13.7 Å². The number of fused-ring (bicyclic) bond motifs is 5. The van der Waals surface area contributed by atoms with Gasteiger partial charge in [-0.3, -0.25) is 9.59 Å². The number of carbonyl (C=O) groups is 2. The standard InChI is InChI=1S/C36H37N7O3/c1-41-33-27(12-24(14-30(33)46-2)36(45)43-18-23-8-10-28(43)32(23)37)40-35(41)29-13-22-7-9-26(39-34(22)42(29)17-19-3-4-19)21-6-5-20-15-31(44)38-16-25(20)11-21/h5-7,9,11-14,19,23,28,32H,3-4,8,10,15-18,37H2,1-2H3,(H,38,44)/t23?,28?,32-/m1/s1. The normalized spacial score (nSPS) is 22.1. The minimum absolute atomic E-state index is 0.000752. The monoisotopic (exact) mass is 615 g/mol. The number of methoxy groups -OCH3 is 1. The number of benzene rings is 2. The number of pyridine rings is 1. The van der Waals surface area contributed by atoms with Crippen molar-refractivity contribution in [1.29, 1.82) is 0 Å². The van der Waals surface area contributed by atoms with Gasteiger partial charge in [0, 0.05) is 55.3 Å². The average Bonchev–Trinajstić information content (AvgIpc) is 3.47. The van der Waals surface area contributed by atoms with Crippen LogP contribution < -0.4 is 15.8 Å². The van der Waals surface area contributed by atoms with E-state index in [1.54, 1.807) is 7.11 Å². The Balaban J connectivity index is 1.13. The quantitative estimate of drug-likeness (QED) is 0.292. The molecule has 1 saturated heterocycles. The molecule has 0 radical (unpaired) electrons. The Labute approximate surface area is 266 Å². The highest BCUT2D eigenvalue weighted by Gasteiger charge is 2.47. The molecule has 234 valence electrons. The van der Waals surface area contributed by atoms with Gasteiger partial charge in [0.25, 0.3) is 5.91 Å². The Hall–Kier alpha value is -4.70. The predicted octanol–water partition coefficient (Wildman–Crippen LogP) is 4.41. The Kier molecular flexibility index (Phi) is 6.09. The van der Waals surface area contributed by atoms with Gasteiger partial charge >= 0.3 is 0 Å². The molecule has 46 heavy (non-hydrogen) atoms. The zero-order valence-electron chi connectivity index (χ0n) is 26.1. The molecule has 2 aliphatic heterocycles. The highest BCUT2D eigenvalue weighted by atomic mass is 16.5. The van der Waals surface area contributed by atoms with Gasteiger partial charge in [-0.15, -0.1) is 0 Å². The van der Waals surface area contributed by atoms with Crippen LogP contribution in [0, 0.1) is 11.8 Å². The highest BCUT2D eigenvalue weighted by Crippen LogP contribution is 2.40. The number of aromatic nitrogens is 4. The maximum atomic E-state index is 13.7. The van der Waals surface area contributed by atoms with E-state index in [0.717, 1.165) is 81.9 Å². The van der Waals surface area contributed by atoms with Gasteiger partial charge in [0.2, 0.25) is 5.91 Å². The zero-order valence-corrected chi connectivity index (χ0v) is 26.1. The Morgan fingerprint density at radius 1 is 1.04 bits per heavy atom. The lowest BCUT2D eigenvalue weighted by Gasteiger charge is -2.27. The third-order valence-corrected chi connectivity index (χ3v) is 10.8. The van der Waals surface area contributed by atoms with Crippen molar-refractivity contribution in [3.05, 3.63) is 65.2 Å². The van der Waals surface area contributed by atoms with E-state index in [0.29, 0.717) is 36.1 Å². The molecule has 2 saturated carbocycles. The molecule has 9 rings (SSSR count). The van der Waals surface area contributed by atoms with E-state index < -0.39 is 0 Å². The molecule has 2 amide bonds. The number of rotatable bonds is 6. The third-order valence-electron chi connectivity index (χ3n) is 10.8. The van der Waals surface area contributed by atoms with Crippen LogP contribution in [-0.4, -0.2) is 61.6 Å². The molecule has 2 aromatic carbocycles. The number of hydrogen-bond donors (Lipinski definition) is 2. The first-order valence-corrected chi connectivity index (χ1v) is 16.4. The lowest BCUT2D eigenvalue weighted by Crippen LogP contribution is -2.41. The molecule has 2 bridgehead atoms. The summed E-state index contributed by atoms with van der Waals surface area (Å²) in [5, 5.41) is 4.01. The highest BCUT2D eigenvalue weighted by molar-refractivity contribution is 6.00. The van der Waals surface area contributed by atoms with E-state index in [1.165, 1.54) is 12.8 Å². The van der Waals surface area contributed by atoms with Gasteiger partial charge < -0.3 is 29.8 Å². The van der Waals surface area contributed by atoms with Crippen LogP contribution in [0.2, 0.25) is 0 Å². The molecule has 0 spiro atoms. The number of aryl methyl sites for hydroxylation is 1. The predicted molar refractivity (Wildman–Crippen MR) is 175 cm³/mol. The van der Waals surface area contributed by atoms with Crippen LogP contribution in [0.15, 0.2) is 48.5 Å². The number of nitrogens with two attached hydrogens (primary N) is 1. The summed E-state index contributed by atoms with van der Waals surface area (Å²) in [4.78, 5) is 37.9. The molecular weight excluding hydrogens is 578 g/mol. The minimum Gasteiger partial charge on any atom is -0.494 e. The fraction of sp³-hybridized carbons (Fsp3) is 0.389. The summed E-state index contributed by atoms with van der Waals surface area (Å²) >= 11 is 0. The van der Waals surface area contributed by atoms with Crippen molar-refractivity contribution >= 4 is 33.9 Å². The van der Waals surface area contributed by atoms with Gasteiger partial charge in [0.15, 0.2) is 5.82 Å². The lowest BCUT2D eigenvalue weighted by atomic mass is 9.97. The first kappa shape index (κ1) is 27.6. The van der Waals surface area contributed by atoms with Crippen LogP contribution in [0.5, 0.6) is 5.75 Å². The summed E-state index contributed by atoms with van der Waals surface area (Å²) in [6.07, 6.45) is 4.90. The van der Waals surface area contributed by atoms with Crippen molar-refractivity contribution in [3.63, 3.8) is 0 Å². The molecule has 10 nitrogen and oxygen atoms in total. The number of piperidine rings is 1. The van der Waals surface area contributed by atoms with E-state index in [1.807, 2.05) is 24.1 Å². The number of amides is 2. The third kappa shape index (κ3) is 4.26. The number of nitrogens with one attached hydrogen (secondary N) is 1. The van der Waals surface area contributed by atoms with Crippen molar-refractivity contribution in [2.45, 2.75) is 57.3 Å². The fourth-order valence-corrected chi connectivity index (χ4v) is 8.03. The maximum absolute atomic E-state index is 13.7. The van der Waals surface area contributed by atoms with Crippen molar-refractivity contribution in [3.8, 4) is 28.5 Å². The van der Waals surface area contributed by atoms with Crippen LogP contribution in [0.3, 0.4) is 0 Å².